The number of rotatable bonds is 1. The first-order valence-electron chi connectivity index (χ1n) is 2.52. The van der Waals surface area contributed by atoms with Crippen molar-refractivity contribution in [3.8, 4) is 0 Å². The van der Waals surface area contributed by atoms with Gasteiger partial charge in [-0.3, -0.25) is 9.05 Å². The highest BCUT2D eigenvalue weighted by Gasteiger charge is 2.69. The Morgan fingerprint density at radius 1 is 1.30 bits per heavy atom. The Labute approximate surface area is 56.9 Å². The van der Waals surface area contributed by atoms with E-state index < -0.39 is 20.4 Å². The van der Waals surface area contributed by atoms with E-state index in [1.807, 2.05) is 0 Å². The molecule has 0 unspecified atom stereocenters. The second kappa shape index (κ2) is 1.67. The van der Waals surface area contributed by atoms with E-state index in [2.05, 4.69) is 9.05 Å². The molecule has 2 bridgehead atoms. The van der Waals surface area contributed by atoms with Crippen molar-refractivity contribution in [1.82, 2.24) is 0 Å². The lowest BCUT2D eigenvalue weighted by molar-refractivity contribution is -0.439. The first-order chi connectivity index (χ1) is 4.54. The van der Waals surface area contributed by atoms with Crippen LogP contribution in [0.2, 0.25) is 0 Å². The van der Waals surface area contributed by atoms with E-state index in [0.29, 0.717) is 0 Å². The molecule has 3 saturated heterocycles. The summed E-state index contributed by atoms with van der Waals surface area (Å²) >= 11 is 0. The van der Waals surface area contributed by atoms with Crippen LogP contribution in [0, 0.1) is 0 Å². The smallest absolute Gasteiger partial charge is 0.338 e. The topological polar surface area (TPSA) is 88.4 Å². The lowest BCUT2D eigenvalue weighted by atomic mass is 10.2. The van der Waals surface area contributed by atoms with Crippen LogP contribution in [-0.4, -0.2) is 33.7 Å². The standard InChI is InChI=1S/C3H5O6P/c4-3(5,6)2-1-7-10(8-2)9-2/h4-6H,1H2. The van der Waals surface area contributed by atoms with Crippen molar-refractivity contribution < 1.29 is 28.9 Å². The van der Waals surface area contributed by atoms with E-state index in [-0.39, 0.29) is 6.61 Å². The second-order valence-corrected chi connectivity index (χ2v) is 3.14. The van der Waals surface area contributed by atoms with Crippen molar-refractivity contribution in [2.45, 2.75) is 11.8 Å². The first kappa shape index (κ1) is 6.87. The lowest BCUT2D eigenvalue weighted by Crippen LogP contribution is -2.59. The normalized spacial score (nSPS) is 45.3. The molecule has 0 atom stereocenters. The molecule has 3 N–H and O–H groups in total. The fraction of sp³-hybridized carbons (Fsp3) is 1.00. The zero-order valence-corrected chi connectivity index (χ0v) is 5.62. The third-order valence-electron chi connectivity index (χ3n) is 1.32. The molecule has 10 heavy (non-hydrogen) atoms. The quantitative estimate of drug-likeness (QED) is 0.330. The molecule has 58 valence electrons. The molecule has 0 spiro atoms. The van der Waals surface area contributed by atoms with Crippen LogP contribution in [0.5, 0.6) is 0 Å². The molecule has 3 aliphatic rings. The molecular formula is C3H5O6P. The molecule has 6 nitrogen and oxygen atoms in total. The van der Waals surface area contributed by atoms with Gasteiger partial charge in [-0.25, -0.2) is 0 Å². The molecule has 0 aromatic carbocycles. The molecule has 0 saturated carbocycles. The summed E-state index contributed by atoms with van der Waals surface area (Å²) in [6.45, 7) is -0.151. The van der Waals surface area contributed by atoms with Gasteiger partial charge in [-0.05, 0) is 0 Å². The molecule has 7 heteroatoms. The van der Waals surface area contributed by atoms with E-state index in [4.69, 9.17) is 19.8 Å². The minimum Gasteiger partial charge on any atom is -0.339 e. The summed E-state index contributed by atoms with van der Waals surface area (Å²) < 4.78 is 14.0. The van der Waals surface area contributed by atoms with Crippen LogP contribution in [0.25, 0.3) is 0 Å². The van der Waals surface area contributed by atoms with E-state index in [9.17, 15) is 0 Å². The molecule has 3 heterocycles. The molecule has 0 aromatic heterocycles. The van der Waals surface area contributed by atoms with Crippen LogP contribution in [0.1, 0.15) is 0 Å². The predicted octanol–water partition coefficient (Wildman–Crippen LogP) is -1.38. The van der Waals surface area contributed by atoms with E-state index in [1.54, 1.807) is 0 Å². The van der Waals surface area contributed by atoms with Gasteiger partial charge >= 0.3 is 14.6 Å². The van der Waals surface area contributed by atoms with Gasteiger partial charge in [-0.2, -0.15) is 0 Å². The van der Waals surface area contributed by atoms with Gasteiger partial charge in [0.15, 0.2) is 0 Å². The van der Waals surface area contributed by atoms with Crippen molar-refractivity contribution in [3.05, 3.63) is 0 Å². The molecule has 3 fully saturated rings. The SMILES string of the molecule is OC(O)(O)C12COP(O1)O2. The number of fused-ring (bicyclic) bond motifs is 1. The second-order valence-electron chi connectivity index (χ2n) is 2.07. The lowest BCUT2D eigenvalue weighted by Gasteiger charge is -2.38. The zero-order valence-electron chi connectivity index (χ0n) is 4.72. The predicted molar refractivity (Wildman–Crippen MR) is 27.2 cm³/mol. The first-order valence-corrected chi connectivity index (χ1v) is 3.61. The van der Waals surface area contributed by atoms with Gasteiger partial charge in [-0.1, -0.05) is 0 Å². The molecule has 0 radical (unpaired) electrons. The summed E-state index contributed by atoms with van der Waals surface area (Å²) in [6, 6.07) is 0. The monoisotopic (exact) mass is 168 g/mol. The molecule has 0 aliphatic carbocycles. The number of aliphatic hydroxyl groups is 3. The highest BCUT2D eigenvalue weighted by Crippen LogP contribution is 2.67. The van der Waals surface area contributed by atoms with E-state index in [0.717, 1.165) is 0 Å². The van der Waals surface area contributed by atoms with Crippen LogP contribution < -0.4 is 0 Å². The van der Waals surface area contributed by atoms with Crippen LogP contribution >= 0.6 is 8.60 Å². The molecule has 3 aliphatic heterocycles. The third-order valence-corrected chi connectivity index (χ3v) is 2.54. The maximum Gasteiger partial charge on any atom is 0.338 e. The van der Waals surface area contributed by atoms with Crippen molar-refractivity contribution in [1.29, 1.82) is 0 Å². The Morgan fingerprint density at radius 2 is 1.90 bits per heavy atom. The number of hydrogen-bond donors (Lipinski definition) is 3. The Morgan fingerprint density at radius 3 is 2.10 bits per heavy atom. The van der Waals surface area contributed by atoms with Gasteiger partial charge in [0.1, 0.15) is 6.61 Å². The Balaban J connectivity index is 2.18. The Kier molecular flexibility index (Phi) is 1.15. The maximum absolute atomic E-state index is 8.61. The molecular weight excluding hydrogens is 163 g/mol. The van der Waals surface area contributed by atoms with Gasteiger partial charge in [-0.15, -0.1) is 0 Å². The Hall–Kier alpha value is 0.190. The maximum atomic E-state index is 8.61. The van der Waals surface area contributed by atoms with Gasteiger partial charge in [0.25, 0.3) is 5.79 Å². The molecule has 0 amide bonds. The van der Waals surface area contributed by atoms with Crippen molar-refractivity contribution >= 4 is 8.60 Å². The third kappa shape index (κ3) is 0.667. The van der Waals surface area contributed by atoms with Gasteiger partial charge in [0.2, 0.25) is 0 Å². The Bertz CT molecular complexity index is 151. The minimum atomic E-state index is -2.97. The highest BCUT2D eigenvalue weighted by molar-refractivity contribution is 7.43. The number of hydrogen-bond acceptors (Lipinski definition) is 6. The zero-order chi connectivity index (χ0) is 7.41. The minimum absolute atomic E-state index is 0.151. The summed E-state index contributed by atoms with van der Waals surface area (Å²) in [5, 5.41) is 25.8. The van der Waals surface area contributed by atoms with Crippen molar-refractivity contribution in [2.75, 3.05) is 6.61 Å². The highest BCUT2D eigenvalue weighted by atomic mass is 31.2. The summed E-state index contributed by atoms with van der Waals surface area (Å²) in [7, 11) is -1.41. The summed E-state index contributed by atoms with van der Waals surface area (Å²) in [6.07, 6.45) is 0. The summed E-state index contributed by atoms with van der Waals surface area (Å²) in [4.78, 5) is 0. The van der Waals surface area contributed by atoms with Crippen molar-refractivity contribution in [3.63, 3.8) is 0 Å². The summed E-state index contributed by atoms with van der Waals surface area (Å²) in [5.41, 5.74) is 0. The molecule has 0 aromatic rings. The van der Waals surface area contributed by atoms with Crippen LogP contribution in [0.4, 0.5) is 0 Å². The largest absolute Gasteiger partial charge is 0.339 e. The average Bonchev–Trinajstić information content (AvgIpc) is 2.08. The van der Waals surface area contributed by atoms with Gasteiger partial charge in [0, 0.05) is 0 Å². The van der Waals surface area contributed by atoms with E-state index in [1.165, 1.54) is 0 Å². The van der Waals surface area contributed by atoms with Crippen molar-refractivity contribution in [2.24, 2.45) is 0 Å². The fourth-order valence-electron chi connectivity index (χ4n) is 0.710. The molecule has 3 rings (SSSR count). The van der Waals surface area contributed by atoms with Crippen LogP contribution in [0.15, 0.2) is 0 Å². The van der Waals surface area contributed by atoms with Gasteiger partial charge in [0.05, 0.1) is 0 Å². The van der Waals surface area contributed by atoms with Crippen LogP contribution in [0.3, 0.4) is 0 Å². The van der Waals surface area contributed by atoms with Gasteiger partial charge < -0.3 is 19.8 Å². The van der Waals surface area contributed by atoms with E-state index >= 15 is 0 Å². The average molecular weight is 168 g/mol. The summed E-state index contributed by atoms with van der Waals surface area (Å²) in [5.74, 6) is -4.72. The fourth-order valence-corrected chi connectivity index (χ4v) is 1.94. The van der Waals surface area contributed by atoms with Crippen LogP contribution in [-0.2, 0) is 13.6 Å².